The molecule has 0 aliphatic heterocycles. The highest BCUT2D eigenvalue weighted by Crippen LogP contribution is 2.21. The molecule has 0 atom stereocenters. The number of hydrogen-bond acceptors (Lipinski definition) is 5. The summed E-state index contributed by atoms with van der Waals surface area (Å²) in [6.45, 7) is 5.50. The number of nitrogens with zero attached hydrogens (tertiary/aromatic N) is 2. The molecule has 2 aromatic carbocycles. The quantitative estimate of drug-likeness (QED) is 0.595. The first kappa shape index (κ1) is 20.9. The first-order valence-electron chi connectivity index (χ1n) is 9.41. The molecular weight excluding hydrogens is 384 g/mol. The summed E-state index contributed by atoms with van der Waals surface area (Å²) in [4.78, 5) is 24.6. The van der Waals surface area contributed by atoms with E-state index >= 15 is 0 Å². The molecule has 1 heterocycles. The van der Waals surface area contributed by atoms with Crippen molar-refractivity contribution in [2.45, 2.75) is 32.9 Å². The van der Waals surface area contributed by atoms with E-state index in [0.29, 0.717) is 0 Å². The monoisotopic (exact) mass is 408 g/mol. The number of phenolic OH excluding ortho intramolecular Hbond substituents is 1. The van der Waals surface area contributed by atoms with Crippen LogP contribution in [-0.2, 0) is 11.3 Å². The minimum absolute atomic E-state index is 0.148. The molecule has 3 N–H and O–H groups in total. The van der Waals surface area contributed by atoms with Crippen LogP contribution >= 0.6 is 0 Å². The molecule has 30 heavy (non-hydrogen) atoms. The van der Waals surface area contributed by atoms with Crippen LogP contribution in [0, 0.1) is 0 Å². The van der Waals surface area contributed by atoms with Gasteiger partial charge in [0.05, 0.1) is 5.69 Å². The molecule has 0 aliphatic carbocycles. The van der Waals surface area contributed by atoms with Crippen molar-refractivity contribution in [3.63, 3.8) is 0 Å². The van der Waals surface area contributed by atoms with Crippen molar-refractivity contribution in [2.75, 3.05) is 5.32 Å². The fourth-order valence-electron chi connectivity index (χ4n) is 2.81. The Hall–Kier alpha value is -3.81. The summed E-state index contributed by atoms with van der Waals surface area (Å²) in [7, 11) is 0. The van der Waals surface area contributed by atoms with E-state index in [0.717, 1.165) is 11.3 Å². The Balaban J connectivity index is 1.71. The smallest absolute Gasteiger partial charge is 0.412 e. The fraction of sp³-hybridized carbons (Fsp3) is 0.227. The van der Waals surface area contributed by atoms with Crippen molar-refractivity contribution < 1.29 is 19.4 Å². The highest BCUT2D eigenvalue weighted by Gasteiger charge is 2.17. The molecule has 0 spiro atoms. The number of carbonyl (C=O) groups is 2. The lowest BCUT2D eigenvalue weighted by atomic mass is 10.1. The van der Waals surface area contributed by atoms with Crippen LogP contribution < -0.4 is 10.6 Å². The van der Waals surface area contributed by atoms with Gasteiger partial charge in [-0.15, -0.1) is 0 Å². The number of benzene rings is 2. The van der Waals surface area contributed by atoms with Crippen LogP contribution in [-0.4, -0.2) is 32.5 Å². The number of para-hydroxylation sites is 1. The number of hydrogen-bond donors (Lipinski definition) is 3. The average molecular weight is 408 g/mol. The number of ether oxygens (including phenoxy) is 1. The predicted octanol–water partition coefficient (Wildman–Crippen LogP) is 3.85. The molecule has 8 nitrogen and oxygen atoms in total. The lowest BCUT2D eigenvalue weighted by Gasteiger charge is -2.19. The zero-order chi connectivity index (χ0) is 21.7. The summed E-state index contributed by atoms with van der Waals surface area (Å²) < 4.78 is 6.92. The molecular formula is C22H24N4O4. The third-order valence-corrected chi connectivity index (χ3v) is 4.01. The maximum Gasteiger partial charge on any atom is 0.412 e. The van der Waals surface area contributed by atoms with Gasteiger partial charge in [0.25, 0.3) is 5.91 Å². The van der Waals surface area contributed by atoms with E-state index in [9.17, 15) is 14.7 Å². The number of carbonyl (C=O) groups excluding carboxylic acids is 2. The van der Waals surface area contributed by atoms with E-state index in [1.807, 2.05) is 36.5 Å². The van der Waals surface area contributed by atoms with Crippen molar-refractivity contribution >= 4 is 17.7 Å². The van der Waals surface area contributed by atoms with Crippen LogP contribution in [0.25, 0.3) is 5.69 Å². The Morgan fingerprint density at radius 2 is 1.90 bits per heavy atom. The minimum Gasteiger partial charge on any atom is -0.508 e. The lowest BCUT2D eigenvalue weighted by Crippen LogP contribution is -2.27. The van der Waals surface area contributed by atoms with E-state index in [2.05, 4.69) is 15.7 Å². The lowest BCUT2D eigenvalue weighted by molar-refractivity contribution is 0.0635. The number of aromatic hydroxyl groups is 1. The van der Waals surface area contributed by atoms with Gasteiger partial charge in [0.1, 0.15) is 11.4 Å². The molecule has 0 saturated carbocycles. The summed E-state index contributed by atoms with van der Waals surface area (Å²) in [6.07, 6.45) is 2.83. The van der Waals surface area contributed by atoms with Crippen molar-refractivity contribution in [3.05, 3.63) is 72.1 Å². The normalized spacial score (nSPS) is 11.0. The molecule has 8 heteroatoms. The van der Waals surface area contributed by atoms with Gasteiger partial charge in [-0.25, -0.2) is 9.48 Å². The molecule has 3 rings (SSSR count). The van der Waals surface area contributed by atoms with Crippen molar-refractivity contribution in [2.24, 2.45) is 0 Å². The average Bonchev–Trinajstić information content (AvgIpc) is 3.18. The molecule has 0 bridgehead atoms. The Labute approximate surface area is 174 Å². The second-order valence-electron chi connectivity index (χ2n) is 7.66. The molecule has 156 valence electrons. The van der Waals surface area contributed by atoms with Gasteiger partial charge in [-0.05, 0) is 50.6 Å². The summed E-state index contributed by atoms with van der Waals surface area (Å²) >= 11 is 0. The second-order valence-corrected chi connectivity index (χ2v) is 7.66. The molecule has 0 saturated heterocycles. The summed E-state index contributed by atoms with van der Waals surface area (Å²) in [5.41, 5.74) is 1.53. The van der Waals surface area contributed by atoms with Gasteiger partial charge in [0, 0.05) is 36.3 Å². The van der Waals surface area contributed by atoms with Gasteiger partial charge in [-0.1, -0.05) is 18.2 Å². The summed E-state index contributed by atoms with van der Waals surface area (Å²) in [5, 5.41) is 19.5. The number of nitrogens with one attached hydrogen (secondary N) is 2. The Morgan fingerprint density at radius 3 is 2.60 bits per heavy atom. The Morgan fingerprint density at radius 1 is 1.13 bits per heavy atom. The van der Waals surface area contributed by atoms with Gasteiger partial charge in [-0.2, -0.15) is 5.10 Å². The zero-order valence-electron chi connectivity index (χ0n) is 17.0. The Kier molecular flexibility index (Phi) is 6.06. The maximum absolute atomic E-state index is 12.6. The molecule has 0 radical (unpaired) electrons. The zero-order valence-corrected chi connectivity index (χ0v) is 17.0. The highest BCUT2D eigenvalue weighted by atomic mass is 16.6. The van der Waals surface area contributed by atoms with Gasteiger partial charge < -0.3 is 15.2 Å². The third kappa shape index (κ3) is 5.60. The van der Waals surface area contributed by atoms with Crippen molar-refractivity contribution in [3.8, 4) is 11.4 Å². The summed E-state index contributed by atoms with van der Waals surface area (Å²) in [5.74, 6) is -0.543. The number of amides is 2. The Bertz CT molecular complexity index is 1040. The van der Waals surface area contributed by atoms with Crippen LogP contribution in [0.1, 0.15) is 36.7 Å². The fourth-order valence-corrected chi connectivity index (χ4v) is 2.81. The van der Waals surface area contributed by atoms with E-state index in [1.165, 1.54) is 18.2 Å². The number of anilines is 1. The van der Waals surface area contributed by atoms with E-state index in [-0.39, 0.29) is 23.5 Å². The number of rotatable bonds is 5. The van der Waals surface area contributed by atoms with E-state index < -0.39 is 17.6 Å². The number of phenols is 1. The molecule has 1 aromatic heterocycles. The van der Waals surface area contributed by atoms with Crippen LogP contribution in [0.15, 0.2) is 60.9 Å². The molecule has 3 aromatic rings. The summed E-state index contributed by atoms with van der Waals surface area (Å²) in [6, 6.07) is 13.5. The van der Waals surface area contributed by atoms with Gasteiger partial charge >= 0.3 is 6.09 Å². The molecule has 2 amide bonds. The van der Waals surface area contributed by atoms with Gasteiger partial charge in [0.15, 0.2) is 0 Å². The van der Waals surface area contributed by atoms with Crippen LogP contribution in [0.5, 0.6) is 5.75 Å². The van der Waals surface area contributed by atoms with Gasteiger partial charge in [-0.3, -0.25) is 10.1 Å². The van der Waals surface area contributed by atoms with Gasteiger partial charge in [0.2, 0.25) is 0 Å². The van der Waals surface area contributed by atoms with Crippen LogP contribution in [0.2, 0.25) is 0 Å². The maximum atomic E-state index is 12.6. The highest BCUT2D eigenvalue weighted by molar-refractivity contribution is 5.97. The molecule has 0 unspecified atom stereocenters. The standard InChI is InChI=1S/C22H24N4O4/c1-22(2,3)30-21(29)25-17-11-16(12-18(27)13-17)20(28)23-14-15-7-4-5-8-19(15)26-10-6-9-24-26/h4-13,27H,14H2,1-3H3,(H,23,28)(H,25,29). The van der Waals surface area contributed by atoms with Crippen LogP contribution in [0.4, 0.5) is 10.5 Å². The largest absolute Gasteiger partial charge is 0.508 e. The third-order valence-electron chi connectivity index (χ3n) is 4.01. The van der Waals surface area contributed by atoms with E-state index in [4.69, 9.17) is 4.74 Å². The topological polar surface area (TPSA) is 105 Å². The number of aromatic nitrogens is 2. The van der Waals surface area contributed by atoms with Crippen molar-refractivity contribution in [1.82, 2.24) is 15.1 Å². The minimum atomic E-state index is -0.674. The predicted molar refractivity (Wildman–Crippen MR) is 113 cm³/mol. The van der Waals surface area contributed by atoms with Crippen LogP contribution in [0.3, 0.4) is 0 Å². The van der Waals surface area contributed by atoms with Crippen molar-refractivity contribution in [1.29, 1.82) is 0 Å². The first-order valence-corrected chi connectivity index (χ1v) is 9.41. The first-order chi connectivity index (χ1) is 14.2. The second kappa shape index (κ2) is 8.69. The molecule has 0 aliphatic rings. The SMILES string of the molecule is CC(C)(C)OC(=O)Nc1cc(O)cc(C(=O)NCc2ccccc2-n2cccn2)c1. The van der Waals surface area contributed by atoms with E-state index in [1.54, 1.807) is 31.6 Å². The molecule has 0 fully saturated rings.